The van der Waals surface area contributed by atoms with Gasteiger partial charge in [-0.25, -0.2) is 0 Å². The van der Waals surface area contributed by atoms with Gasteiger partial charge in [-0.1, -0.05) is 29.3 Å². The number of benzene rings is 2. The Morgan fingerprint density at radius 1 is 1.25 bits per heavy atom. The van der Waals surface area contributed by atoms with E-state index in [2.05, 4.69) is 5.32 Å². The van der Waals surface area contributed by atoms with Crippen molar-refractivity contribution in [2.24, 2.45) is 0 Å². The first kappa shape index (κ1) is 14.5. The first-order valence-corrected chi connectivity index (χ1v) is 6.47. The minimum Gasteiger partial charge on any atom is -0.494 e. The molecule has 0 aliphatic rings. The highest BCUT2D eigenvalue weighted by atomic mass is 35.5. The summed E-state index contributed by atoms with van der Waals surface area (Å²) in [6.45, 7) is 0. The Bertz CT molecular complexity index is 660. The molecule has 0 saturated heterocycles. The molecule has 0 aliphatic carbocycles. The molecule has 0 heterocycles. The number of para-hydroxylation sites is 1. The fraction of sp³-hybridized carbons (Fsp3) is 0.0714. The maximum atomic E-state index is 12.3. The van der Waals surface area contributed by atoms with Gasteiger partial charge in [-0.3, -0.25) is 4.79 Å². The first-order chi connectivity index (χ1) is 9.52. The minimum atomic E-state index is -0.377. The van der Waals surface area contributed by atoms with Crippen molar-refractivity contribution >= 4 is 40.5 Å². The van der Waals surface area contributed by atoms with Crippen LogP contribution in [0.5, 0.6) is 5.75 Å². The number of hydrogen-bond donors (Lipinski definition) is 2. The fourth-order valence-corrected chi connectivity index (χ4v) is 2.08. The average Bonchev–Trinajstić information content (AvgIpc) is 2.42. The molecule has 0 atom stereocenters. The van der Waals surface area contributed by atoms with Crippen molar-refractivity contribution in [3.8, 4) is 5.75 Å². The number of nitrogens with two attached hydrogens (primary N) is 1. The molecule has 2 aromatic rings. The van der Waals surface area contributed by atoms with Crippen molar-refractivity contribution < 1.29 is 9.53 Å². The van der Waals surface area contributed by atoms with Crippen molar-refractivity contribution in [2.45, 2.75) is 0 Å². The van der Waals surface area contributed by atoms with Crippen LogP contribution in [0.3, 0.4) is 0 Å². The summed E-state index contributed by atoms with van der Waals surface area (Å²) in [5, 5.41) is 3.55. The van der Waals surface area contributed by atoms with E-state index in [-0.39, 0.29) is 5.91 Å². The quantitative estimate of drug-likeness (QED) is 0.847. The second-order valence-corrected chi connectivity index (χ2v) is 4.85. The van der Waals surface area contributed by atoms with Crippen LogP contribution in [0.15, 0.2) is 36.4 Å². The van der Waals surface area contributed by atoms with Crippen LogP contribution in [-0.4, -0.2) is 13.0 Å². The molecule has 0 bridgehead atoms. The highest BCUT2D eigenvalue weighted by Crippen LogP contribution is 2.29. The summed E-state index contributed by atoms with van der Waals surface area (Å²) in [4.78, 5) is 12.3. The van der Waals surface area contributed by atoms with E-state index in [4.69, 9.17) is 33.7 Å². The lowest BCUT2D eigenvalue weighted by Gasteiger charge is -2.12. The SMILES string of the molecule is COc1c(N)cccc1C(=O)Nc1cc(Cl)ccc1Cl. The van der Waals surface area contributed by atoms with Crippen molar-refractivity contribution in [2.75, 3.05) is 18.2 Å². The molecule has 0 unspecified atom stereocenters. The Hall–Kier alpha value is -1.91. The number of carbonyl (C=O) groups excluding carboxylic acids is 1. The molecular weight excluding hydrogens is 299 g/mol. The van der Waals surface area contributed by atoms with Gasteiger partial charge in [0.15, 0.2) is 5.75 Å². The summed E-state index contributed by atoms with van der Waals surface area (Å²) in [7, 11) is 1.45. The molecule has 0 aliphatic heterocycles. The molecule has 0 fully saturated rings. The van der Waals surface area contributed by atoms with Crippen molar-refractivity contribution in [1.29, 1.82) is 0 Å². The summed E-state index contributed by atoms with van der Waals surface area (Å²) in [5.74, 6) is -0.0542. The molecule has 1 amide bonds. The van der Waals surface area contributed by atoms with E-state index in [9.17, 15) is 4.79 Å². The monoisotopic (exact) mass is 310 g/mol. The third-order valence-corrected chi connectivity index (χ3v) is 3.24. The van der Waals surface area contributed by atoms with Crippen LogP contribution in [0.4, 0.5) is 11.4 Å². The number of halogens is 2. The van der Waals surface area contributed by atoms with E-state index in [1.54, 1.807) is 36.4 Å². The van der Waals surface area contributed by atoms with Crippen LogP contribution in [0.2, 0.25) is 10.0 Å². The standard InChI is InChI=1S/C14H12Cl2N2O2/c1-20-13-9(3-2-4-11(13)17)14(19)18-12-7-8(15)5-6-10(12)16/h2-7H,17H2,1H3,(H,18,19). The predicted octanol–water partition coefficient (Wildman–Crippen LogP) is 3.84. The van der Waals surface area contributed by atoms with Crippen LogP contribution in [0, 0.1) is 0 Å². The van der Waals surface area contributed by atoms with Gasteiger partial charge in [-0.2, -0.15) is 0 Å². The topological polar surface area (TPSA) is 64.3 Å². The van der Waals surface area contributed by atoms with Crippen LogP contribution < -0.4 is 15.8 Å². The largest absolute Gasteiger partial charge is 0.494 e. The lowest BCUT2D eigenvalue weighted by molar-refractivity contribution is 0.102. The Kier molecular flexibility index (Phi) is 4.37. The summed E-state index contributed by atoms with van der Waals surface area (Å²) in [6, 6.07) is 9.76. The van der Waals surface area contributed by atoms with E-state index in [0.717, 1.165) is 0 Å². The lowest BCUT2D eigenvalue weighted by atomic mass is 10.1. The van der Waals surface area contributed by atoms with Gasteiger partial charge in [0.1, 0.15) is 0 Å². The molecule has 2 aromatic carbocycles. The molecule has 0 saturated carbocycles. The minimum absolute atomic E-state index is 0.322. The zero-order valence-electron chi connectivity index (χ0n) is 10.6. The van der Waals surface area contributed by atoms with E-state index in [1.165, 1.54) is 7.11 Å². The number of nitrogen functional groups attached to an aromatic ring is 1. The zero-order chi connectivity index (χ0) is 14.7. The second-order valence-electron chi connectivity index (χ2n) is 4.01. The Morgan fingerprint density at radius 3 is 2.70 bits per heavy atom. The van der Waals surface area contributed by atoms with Gasteiger partial charge in [-0.15, -0.1) is 0 Å². The molecule has 0 radical (unpaired) electrons. The molecule has 20 heavy (non-hydrogen) atoms. The van der Waals surface area contributed by atoms with E-state index in [0.29, 0.717) is 32.7 Å². The molecular formula is C14H12Cl2N2O2. The summed E-state index contributed by atoms with van der Waals surface area (Å²) < 4.78 is 5.14. The number of ether oxygens (including phenoxy) is 1. The van der Waals surface area contributed by atoms with Crippen molar-refractivity contribution in [3.05, 3.63) is 52.0 Å². The first-order valence-electron chi connectivity index (χ1n) is 5.72. The number of anilines is 2. The van der Waals surface area contributed by atoms with E-state index >= 15 is 0 Å². The van der Waals surface area contributed by atoms with Crippen molar-refractivity contribution in [3.63, 3.8) is 0 Å². The molecule has 4 nitrogen and oxygen atoms in total. The number of hydrogen-bond acceptors (Lipinski definition) is 3. The third kappa shape index (κ3) is 2.98. The van der Waals surface area contributed by atoms with Crippen LogP contribution in [0.1, 0.15) is 10.4 Å². The Morgan fingerprint density at radius 2 is 2.00 bits per heavy atom. The number of rotatable bonds is 3. The van der Waals surface area contributed by atoms with Gasteiger partial charge < -0.3 is 15.8 Å². The molecule has 6 heteroatoms. The van der Waals surface area contributed by atoms with E-state index < -0.39 is 0 Å². The number of carbonyl (C=O) groups is 1. The number of nitrogens with one attached hydrogen (secondary N) is 1. The lowest BCUT2D eigenvalue weighted by Crippen LogP contribution is -2.14. The predicted molar refractivity (Wildman–Crippen MR) is 81.8 cm³/mol. The van der Waals surface area contributed by atoms with Crippen LogP contribution >= 0.6 is 23.2 Å². The Balaban J connectivity index is 2.33. The molecule has 0 spiro atoms. The van der Waals surface area contributed by atoms with Gasteiger partial charge in [0.25, 0.3) is 5.91 Å². The maximum absolute atomic E-state index is 12.3. The van der Waals surface area contributed by atoms with Crippen LogP contribution in [0.25, 0.3) is 0 Å². The van der Waals surface area contributed by atoms with Gasteiger partial charge in [0.2, 0.25) is 0 Å². The molecule has 2 rings (SSSR count). The van der Waals surface area contributed by atoms with Crippen LogP contribution in [-0.2, 0) is 0 Å². The van der Waals surface area contributed by atoms with Gasteiger partial charge >= 0.3 is 0 Å². The second kappa shape index (κ2) is 6.03. The normalized spacial score (nSPS) is 10.2. The van der Waals surface area contributed by atoms with Gasteiger partial charge in [0, 0.05) is 5.02 Å². The fourth-order valence-electron chi connectivity index (χ4n) is 1.74. The zero-order valence-corrected chi connectivity index (χ0v) is 12.1. The van der Waals surface area contributed by atoms with Gasteiger partial charge in [0.05, 0.1) is 29.1 Å². The molecule has 0 aromatic heterocycles. The average molecular weight is 311 g/mol. The summed E-state index contributed by atoms with van der Waals surface area (Å²) in [6.07, 6.45) is 0. The molecule has 104 valence electrons. The molecule has 3 N–H and O–H groups in total. The highest BCUT2D eigenvalue weighted by molar-refractivity contribution is 6.36. The summed E-state index contributed by atoms with van der Waals surface area (Å²) >= 11 is 11.9. The third-order valence-electron chi connectivity index (χ3n) is 2.67. The summed E-state index contributed by atoms with van der Waals surface area (Å²) in [5.41, 5.74) is 6.90. The van der Waals surface area contributed by atoms with Gasteiger partial charge in [-0.05, 0) is 30.3 Å². The smallest absolute Gasteiger partial charge is 0.259 e. The van der Waals surface area contributed by atoms with E-state index in [1.807, 2.05) is 0 Å². The number of amides is 1. The number of methoxy groups -OCH3 is 1. The Labute approximate surface area is 126 Å². The van der Waals surface area contributed by atoms with Crippen molar-refractivity contribution in [1.82, 2.24) is 0 Å². The highest BCUT2D eigenvalue weighted by Gasteiger charge is 2.15. The maximum Gasteiger partial charge on any atom is 0.259 e.